The summed E-state index contributed by atoms with van der Waals surface area (Å²) in [6, 6.07) is 1.14. The van der Waals surface area contributed by atoms with Crippen LogP contribution in [0.2, 0.25) is 0 Å². The average Bonchev–Trinajstić information content (AvgIpc) is 2.62. The van der Waals surface area contributed by atoms with Gasteiger partial charge in [-0.1, -0.05) is 27.7 Å². The van der Waals surface area contributed by atoms with E-state index < -0.39 is 0 Å². The Kier molecular flexibility index (Phi) is 4.99. The van der Waals surface area contributed by atoms with Gasteiger partial charge in [0, 0.05) is 24.7 Å². The topological polar surface area (TPSA) is 38.5 Å². The molecule has 2 N–H and O–H groups in total. The molecular weight excluding hydrogens is 212 g/mol. The van der Waals surface area contributed by atoms with Crippen molar-refractivity contribution in [2.24, 2.45) is 11.1 Å². The standard InChI is InChI=1S/C14H30N2O/c1-7-11(15)13(14(3,4)5)16(6)12-8-9-17-10(12)2/h10-13H,7-9,15H2,1-6H3. The minimum Gasteiger partial charge on any atom is -0.377 e. The summed E-state index contributed by atoms with van der Waals surface area (Å²) in [6.45, 7) is 12.1. The predicted octanol–water partition coefficient (Wildman–Crippen LogP) is 2.25. The summed E-state index contributed by atoms with van der Waals surface area (Å²) < 4.78 is 5.68. The van der Waals surface area contributed by atoms with Crippen molar-refractivity contribution in [1.82, 2.24) is 4.90 Å². The molecule has 4 unspecified atom stereocenters. The number of likely N-dealkylation sites (N-methyl/N-ethyl adjacent to an activating group) is 1. The van der Waals surface area contributed by atoms with Gasteiger partial charge in [0.15, 0.2) is 0 Å². The summed E-state index contributed by atoms with van der Waals surface area (Å²) in [6.07, 6.45) is 2.48. The molecule has 0 aromatic heterocycles. The van der Waals surface area contributed by atoms with Crippen molar-refractivity contribution in [3.8, 4) is 0 Å². The summed E-state index contributed by atoms with van der Waals surface area (Å²) in [5.74, 6) is 0. The van der Waals surface area contributed by atoms with Gasteiger partial charge >= 0.3 is 0 Å². The first-order chi connectivity index (χ1) is 7.79. The first kappa shape index (κ1) is 14.9. The largest absolute Gasteiger partial charge is 0.377 e. The normalized spacial score (nSPS) is 29.6. The van der Waals surface area contributed by atoms with Crippen LogP contribution >= 0.6 is 0 Å². The van der Waals surface area contributed by atoms with E-state index in [4.69, 9.17) is 10.5 Å². The van der Waals surface area contributed by atoms with E-state index in [-0.39, 0.29) is 11.5 Å². The van der Waals surface area contributed by atoms with Crippen LogP contribution in [0.4, 0.5) is 0 Å². The lowest BCUT2D eigenvalue weighted by Crippen LogP contribution is -2.57. The van der Waals surface area contributed by atoms with Gasteiger partial charge in [-0.05, 0) is 32.2 Å². The zero-order valence-electron chi connectivity index (χ0n) is 12.4. The fourth-order valence-corrected chi connectivity index (χ4v) is 3.24. The second kappa shape index (κ2) is 5.68. The summed E-state index contributed by atoms with van der Waals surface area (Å²) in [5, 5.41) is 0. The molecule has 102 valence electrons. The minimum atomic E-state index is 0.201. The molecule has 1 aliphatic heterocycles. The smallest absolute Gasteiger partial charge is 0.0703 e. The van der Waals surface area contributed by atoms with E-state index in [0.717, 1.165) is 19.4 Å². The summed E-state index contributed by atoms with van der Waals surface area (Å²) in [4.78, 5) is 2.46. The van der Waals surface area contributed by atoms with Crippen LogP contribution in [0.25, 0.3) is 0 Å². The van der Waals surface area contributed by atoms with Crippen LogP contribution in [0.1, 0.15) is 47.5 Å². The maximum Gasteiger partial charge on any atom is 0.0703 e. The van der Waals surface area contributed by atoms with E-state index >= 15 is 0 Å². The highest BCUT2D eigenvalue weighted by molar-refractivity contribution is 4.94. The van der Waals surface area contributed by atoms with E-state index in [1.54, 1.807) is 0 Å². The quantitative estimate of drug-likeness (QED) is 0.822. The predicted molar refractivity (Wildman–Crippen MR) is 73.1 cm³/mol. The van der Waals surface area contributed by atoms with Gasteiger partial charge in [-0.25, -0.2) is 0 Å². The van der Waals surface area contributed by atoms with E-state index in [2.05, 4.69) is 46.6 Å². The highest BCUT2D eigenvalue weighted by atomic mass is 16.5. The lowest BCUT2D eigenvalue weighted by molar-refractivity contribution is 0.0249. The summed E-state index contributed by atoms with van der Waals surface area (Å²) >= 11 is 0. The van der Waals surface area contributed by atoms with E-state index in [9.17, 15) is 0 Å². The van der Waals surface area contributed by atoms with E-state index in [1.165, 1.54) is 0 Å². The molecule has 0 radical (unpaired) electrons. The first-order valence-electron chi connectivity index (χ1n) is 6.88. The van der Waals surface area contributed by atoms with Gasteiger partial charge in [0.2, 0.25) is 0 Å². The SMILES string of the molecule is CCC(N)C(N(C)C1CCOC1C)C(C)(C)C. The minimum absolute atomic E-state index is 0.201. The Morgan fingerprint density at radius 3 is 2.35 bits per heavy atom. The monoisotopic (exact) mass is 242 g/mol. The van der Waals surface area contributed by atoms with Crippen LogP contribution in [-0.2, 0) is 4.74 Å². The Morgan fingerprint density at radius 2 is 2.00 bits per heavy atom. The molecule has 1 fully saturated rings. The van der Waals surface area contributed by atoms with Crippen molar-refractivity contribution in [3.63, 3.8) is 0 Å². The maximum atomic E-state index is 6.33. The molecule has 0 saturated carbocycles. The van der Waals surface area contributed by atoms with Crippen LogP contribution < -0.4 is 5.73 Å². The van der Waals surface area contributed by atoms with Crippen LogP contribution in [0.15, 0.2) is 0 Å². The Balaban J connectivity index is 2.82. The number of hydrogen-bond donors (Lipinski definition) is 1. The molecule has 4 atom stereocenters. The van der Waals surface area contributed by atoms with Crippen LogP contribution in [0, 0.1) is 5.41 Å². The highest BCUT2D eigenvalue weighted by Gasteiger charge is 2.39. The van der Waals surface area contributed by atoms with Gasteiger partial charge in [0.25, 0.3) is 0 Å². The number of hydrogen-bond acceptors (Lipinski definition) is 3. The molecule has 0 aliphatic carbocycles. The number of nitrogens with zero attached hydrogens (tertiary/aromatic N) is 1. The van der Waals surface area contributed by atoms with E-state index in [0.29, 0.717) is 18.2 Å². The zero-order valence-corrected chi connectivity index (χ0v) is 12.4. The fourth-order valence-electron chi connectivity index (χ4n) is 3.24. The lowest BCUT2D eigenvalue weighted by atomic mass is 9.79. The summed E-state index contributed by atoms with van der Waals surface area (Å²) in [7, 11) is 2.21. The Hall–Kier alpha value is -0.120. The van der Waals surface area contributed by atoms with Crippen LogP contribution in [-0.4, -0.2) is 42.8 Å². The molecule has 1 aliphatic rings. The van der Waals surface area contributed by atoms with Crippen LogP contribution in [0.3, 0.4) is 0 Å². The Labute approximate surface area is 107 Å². The number of nitrogens with two attached hydrogens (primary N) is 1. The number of rotatable bonds is 4. The molecule has 0 spiro atoms. The highest BCUT2D eigenvalue weighted by Crippen LogP contribution is 2.31. The Bertz CT molecular complexity index is 237. The second-order valence-electron chi connectivity index (χ2n) is 6.48. The third kappa shape index (κ3) is 3.43. The Morgan fingerprint density at radius 1 is 1.41 bits per heavy atom. The van der Waals surface area contributed by atoms with Crippen molar-refractivity contribution in [2.75, 3.05) is 13.7 Å². The zero-order chi connectivity index (χ0) is 13.2. The molecule has 3 nitrogen and oxygen atoms in total. The van der Waals surface area contributed by atoms with Gasteiger partial charge in [-0.15, -0.1) is 0 Å². The molecule has 0 amide bonds. The molecule has 1 rings (SSSR count). The average molecular weight is 242 g/mol. The molecule has 0 aromatic carbocycles. The van der Waals surface area contributed by atoms with Gasteiger partial charge in [-0.2, -0.15) is 0 Å². The molecular formula is C14H30N2O. The molecule has 3 heteroatoms. The third-order valence-corrected chi connectivity index (χ3v) is 4.06. The van der Waals surface area contributed by atoms with Crippen molar-refractivity contribution in [2.45, 2.75) is 71.7 Å². The second-order valence-corrected chi connectivity index (χ2v) is 6.48. The fraction of sp³-hybridized carbons (Fsp3) is 1.00. The van der Waals surface area contributed by atoms with Crippen molar-refractivity contribution in [1.29, 1.82) is 0 Å². The van der Waals surface area contributed by atoms with E-state index in [1.807, 2.05) is 0 Å². The van der Waals surface area contributed by atoms with Crippen molar-refractivity contribution < 1.29 is 4.74 Å². The molecule has 1 heterocycles. The maximum absolute atomic E-state index is 6.33. The van der Waals surface area contributed by atoms with Gasteiger partial charge in [0.05, 0.1) is 6.10 Å². The van der Waals surface area contributed by atoms with Crippen molar-refractivity contribution in [3.05, 3.63) is 0 Å². The van der Waals surface area contributed by atoms with Crippen LogP contribution in [0.5, 0.6) is 0 Å². The summed E-state index contributed by atoms with van der Waals surface area (Å²) in [5.41, 5.74) is 6.54. The lowest BCUT2D eigenvalue weighted by Gasteiger charge is -2.45. The van der Waals surface area contributed by atoms with Gasteiger partial charge in [0.1, 0.15) is 0 Å². The number of ether oxygens (including phenoxy) is 1. The first-order valence-corrected chi connectivity index (χ1v) is 6.88. The molecule has 17 heavy (non-hydrogen) atoms. The molecule has 0 bridgehead atoms. The molecule has 1 saturated heterocycles. The van der Waals surface area contributed by atoms with Crippen molar-refractivity contribution >= 4 is 0 Å². The molecule has 0 aromatic rings. The van der Waals surface area contributed by atoms with Gasteiger partial charge < -0.3 is 10.5 Å². The third-order valence-electron chi connectivity index (χ3n) is 4.06. The van der Waals surface area contributed by atoms with Gasteiger partial charge in [-0.3, -0.25) is 4.90 Å².